The van der Waals surface area contributed by atoms with E-state index in [1.165, 1.54) is 0 Å². The number of rotatable bonds is 8. The smallest absolute Gasteiger partial charge is 0.260 e. The Hall–Kier alpha value is -3.89. The lowest BCUT2D eigenvalue weighted by molar-refractivity contribution is -0.122. The van der Waals surface area contributed by atoms with E-state index in [4.69, 9.17) is 31.6 Å². The van der Waals surface area contributed by atoms with E-state index in [-0.39, 0.29) is 12.1 Å². The summed E-state index contributed by atoms with van der Waals surface area (Å²) in [5.41, 5.74) is 10.5. The Balaban J connectivity index is 0.00000207. The first-order chi connectivity index (χ1) is 20.9. The number of allylic oxidation sites excluding steroid dienone is 1. The lowest BCUT2D eigenvalue weighted by Crippen LogP contribution is -2.44. The average molecular weight is 603 g/mol. The van der Waals surface area contributed by atoms with Gasteiger partial charge in [-0.15, -0.1) is 13.2 Å². The van der Waals surface area contributed by atoms with Crippen LogP contribution in [0.1, 0.15) is 49.3 Å². The normalized spacial score (nSPS) is 18.4. The number of aromatic nitrogens is 2. The molecule has 1 fully saturated rings. The average Bonchev–Trinajstić information content (AvgIpc) is 3.47. The molecule has 2 aliphatic rings. The van der Waals surface area contributed by atoms with E-state index >= 15 is 0 Å². The molecule has 226 valence electrons. The number of nitrogens with one attached hydrogen (secondary N) is 1. The van der Waals surface area contributed by atoms with Crippen molar-refractivity contribution in [2.24, 2.45) is 10.7 Å². The van der Waals surface area contributed by atoms with Crippen LogP contribution < -0.4 is 11.1 Å². The number of carbonyl (C=O) groups is 1. The monoisotopic (exact) mass is 602 g/mol. The first-order valence-electron chi connectivity index (χ1n) is 14.4. The fraction of sp³-hybridized carbons (Fsp3) is 0.333. The highest BCUT2D eigenvalue weighted by atomic mass is 35.5. The van der Waals surface area contributed by atoms with Gasteiger partial charge >= 0.3 is 0 Å². The van der Waals surface area contributed by atoms with Gasteiger partial charge in [0.15, 0.2) is 0 Å². The van der Waals surface area contributed by atoms with Crippen molar-refractivity contribution in [2.75, 3.05) is 13.2 Å². The van der Waals surface area contributed by atoms with Crippen LogP contribution in [0, 0.1) is 6.92 Å². The summed E-state index contributed by atoms with van der Waals surface area (Å²) in [5.74, 6) is 1.33. The van der Waals surface area contributed by atoms with Crippen LogP contribution in [0.3, 0.4) is 0 Å². The number of hydrogen-bond donors (Lipinski definition) is 2. The van der Waals surface area contributed by atoms with Gasteiger partial charge in [0, 0.05) is 60.0 Å². The van der Waals surface area contributed by atoms with Crippen molar-refractivity contribution in [1.82, 2.24) is 20.4 Å². The molecule has 1 aromatic heterocycles. The Labute approximate surface area is 258 Å². The third kappa shape index (κ3) is 7.74. The van der Waals surface area contributed by atoms with Crippen LogP contribution in [0.25, 0.3) is 17.0 Å². The number of nitrogens with two attached hydrogens (primary N) is 1. The van der Waals surface area contributed by atoms with Crippen LogP contribution in [0.5, 0.6) is 0 Å². The Morgan fingerprint density at radius 1 is 1.21 bits per heavy atom. The molecule has 2 aliphatic heterocycles. The third-order valence-corrected chi connectivity index (χ3v) is 7.54. The molecule has 3 N–H and O–H groups in total. The van der Waals surface area contributed by atoms with E-state index in [0.717, 1.165) is 42.8 Å². The summed E-state index contributed by atoms with van der Waals surface area (Å²) >= 11 is 6.77. The minimum atomic E-state index is -0.204. The van der Waals surface area contributed by atoms with E-state index in [1.54, 1.807) is 17.9 Å². The van der Waals surface area contributed by atoms with Gasteiger partial charge in [-0.1, -0.05) is 59.2 Å². The van der Waals surface area contributed by atoms with E-state index in [0.29, 0.717) is 58.4 Å². The van der Waals surface area contributed by atoms with Gasteiger partial charge in [0.1, 0.15) is 5.84 Å². The van der Waals surface area contributed by atoms with Gasteiger partial charge in [-0.3, -0.25) is 15.0 Å². The van der Waals surface area contributed by atoms with E-state index in [1.807, 2.05) is 62.4 Å². The first-order valence-corrected chi connectivity index (χ1v) is 14.7. The fourth-order valence-electron chi connectivity index (χ4n) is 5.13. The largest absolute Gasteiger partial charge is 0.381 e. The summed E-state index contributed by atoms with van der Waals surface area (Å²) in [6.45, 7) is 13.9. The van der Waals surface area contributed by atoms with E-state index < -0.39 is 0 Å². The second-order valence-electron chi connectivity index (χ2n) is 10.2. The number of carbonyl (C=O) groups excluding carboxylic acids is 1. The SMILES string of the molecule is C/C=C1/C=C(c2ccc(-c3noc(C)n3)cc2Cl)C(=O)N(Cc2cccc(CN)c2)/C1=N/C(C)NC1CCOCC1.C=C. The van der Waals surface area contributed by atoms with Crippen molar-refractivity contribution in [3.8, 4) is 11.4 Å². The lowest BCUT2D eigenvalue weighted by atomic mass is 9.95. The van der Waals surface area contributed by atoms with E-state index in [9.17, 15) is 4.79 Å². The van der Waals surface area contributed by atoms with Gasteiger partial charge in [0.05, 0.1) is 12.7 Å². The summed E-state index contributed by atoms with van der Waals surface area (Å²) in [5, 5.41) is 7.99. The zero-order valence-electron chi connectivity index (χ0n) is 25.0. The maximum Gasteiger partial charge on any atom is 0.260 e. The van der Waals surface area contributed by atoms with Crippen molar-refractivity contribution < 1.29 is 14.1 Å². The van der Waals surface area contributed by atoms with Gasteiger partial charge in [0.25, 0.3) is 5.91 Å². The highest BCUT2D eigenvalue weighted by Crippen LogP contribution is 2.34. The Morgan fingerprint density at radius 3 is 2.60 bits per heavy atom. The molecule has 1 saturated heterocycles. The maximum atomic E-state index is 14.2. The quantitative estimate of drug-likeness (QED) is 0.311. The molecule has 0 saturated carbocycles. The molecule has 1 amide bonds. The lowest BCUT2D eigenvalue weighted by Gasteiger charge is -2.32. The Morgan fingerprint density at radius 2 is 1.95 bits per heavy atom. The van der Waals surface area contributed by atoms with Gasteiger partial charge in [-0.05, 0) is 50.0 Å². The van der Waals surface area contributed by atoms with Crippen molar-refractivity contribution in [1.29, 1.82) is 0 Å². The van der Waals surface area contributed by atoms with Gasteiger partial charge in [0.2, 0.25) is 11.7 Å². The predicted molar refractivity (Wildman–Crippen MR) is 171 cm³/mol. The topological polar surface area (TPSA) is 119 Å². The molecule has 0 aliphatic carbocycles. The van der Waals surface area contributed by atoms with Crippen LogP contribution in [0.4, 0.5) is 0 Å². The summed E-state index contributed by atoms with van der Waals surface area (Å²) in [4.78, 5) is 25.3. The maximum absolute atomic E-state index is 14.2. The molecule has 0 radical (unpaired) electrons. The molecular formula is C33H39ClN6O3. The number of amides is 1. The van der Waals surface area contributed by atoms with E-state index in [2.05, 4.69) is 28.6 Å². The van der Waals surface area contributed by atoms with Gasteiger partial charge in [-0.25, -0.2) is 4.99 Å². The van der Waals surface area contributed by atoms with Gasteiger partial charge in [-0.2, -0.15) is 4.98 Å². The van der Waals surface area contributed by atoms with Crippen LogP contribution in [0.15, 0.2) is 82.9 Å². The van der Waals surface area contributed by atoms with Crippen LogP contribution >= 0.6 is 11.6 Å². The van der Waals surface area contributed by atoms with Crippen molar-refractivity contribution in [3.63, 3.8) is 0 Å². The molecule has 1 unspecified atom stereocenters. The van der Waals surface area contributed by atoms with Crippen LogP contribution in [-0.4, -0.2) is 52.2 Å². The second kappa shape index (κ2) is 15.0. The first kappa shape index (κ1) is 32.0. The zero-order chi connectivity index (χ0) is 30.9. The number of nitrogens with zero attached hydrogens (tertiary/aromatic N) is 4. The highest BCUT2D eigenvalue weighted by Gasteiger charge is 2.32. The van der Waals surface area contributed by atoms with Crippen LogP contribution in [-0.2, 0) is 22.6 Å². The van der Waals surface area contributed by atoms with Crippen molar-refractivity contribution >= 4 is 28.9 Å². The summed E-state index contributed by atoms with van der Waals surface area (Å²) in [6.07, 6.45) is 5.50. The summed E-state index contributed by atoms with van der Waals surface area (Å²) in [7, 11) is 0. The number of aryl methyl sites for hydroxylation is 1. The fourth-order valence-corrected chi connectivity index (χ4v) is 5.41. The molecule has 2 aromatic carbocycles. The minimum absolute atomic E-state index is 0.184. The molecule has 0 bridgehead atoms. The summed E-state index contributed by atoms with van der Waals surface area (Å²) in [6, 6.07) is 13.7. The van der Waals surface area contributed by atoms with Crippen LogP contribution in [0.2, 0.25) is 5.02 Å². The second-order valence-corrected chi connectivity index (χ2v) is 10.6. The zero-order valence-corrected chi connectivity index (χ0v) is 25.7. The number of benzene rings is 2. The predicted octanol–water partition coefficient (Wildman–Crippen LogP) is 5.84. The van der Waals surface area contributed by atoms with Gasteiger partial charge < -0.3 is 15.0 Å². The number of halogens is 1. The molecule has 1 atom stereocenters. The molecule has 10 heteroatoms. The third-order valence-electron chi connectivity index (χ3n) is 7.23. The number of ether oxygens (including phenoxy) is 1. The molecular weight excluding hydrogens is 564 g/mol. The molecule has 3 heterocycles. The highest BCUT2D eigenvalue weighted by molar-refractivity contribution is 6.37. The Bertz CT molecular complexity index is 1520. The number of aliphatic imine (C=N–C) groups is 1. The molecule has 9 nitrogen and oxygen atoms in total. The van der Waals surface area contributed by atoms with Crippen molar-refractivity contribution in [3.05, 3.63) is 101 Å². The molecule has 0 spiro atoms. The number of amidine groups is 1. The molecule has 3 aromatic rings. The number of hydrogen-bond acceptors (Lipinski definition) is 8. The summed E-state index contributed by atoms with van der Waals surface area (Å²) < 4.78 is 10.6. The Kier molecular flexibility index (Phi) is 11.2. The van der Waals surface area contributed by atoms with Crippen molar-refractivity contribution in [2.45, 2.75) is 58.9 Å². The minimum Gasteiger partial charge on any atom is -0.381 e. The molecule has 43 heavy (non-hydrogen) atoms. The standard InChI is InChI=1S/C31H35ClN6O3.C2H4/c1-4-23-15-27(26-9-8-24(16-28(26)32)29-36-20(3)41-37-29)31(39)38(18-22-7-5-6-21(14-22)17-33)30(23)35-19(2)34-25-10-12-40-13-11-25;1-2/h4-9,14-16,19,25,34H,10-13,17-18,33H2,1-3H3;1-2H2/b23-4-,35-30+;. The molecule has 5 rings (SSSR count).